The number of carbonyl (C=O) groups excluding carboxylic acids is 1. The van der Waals surface area contributed by atoms with Gasteiger partial charge in [0.05, 0.1) is 17.1 Å². The van der Waals surface area contributed by atoms with Crippen LogP contribution in [0.5, 0.6) is 5.75 Å². The highest BCUT2D eigenvalue weighted by atomic mass is 16.7. The molecule has 1 aromatic rings. The molecule has 0 N–H and O–H groups in total. The van der Waals surface area contributed by atoms with Gasteiger partial charge in [0.1, 0.15) is 5.75 Å². The number of ether oxygens (including phenoxy) is 1. The molecule has 1 saturated heterocycles. The van der Waals surface area contributed by atoms with Crippen LogP contribution in [0.1, 0.15) is 40.5 Å². The van der Waals surface area contributed by atoms with Crippen LogP contribution in [0.2, 0.25) is 0 Å². The molecule has 2 aliphatic rings. The van der Waals surface area contributed by atoms with Crippen LogP contribution < -0.4 is 10.2 Å². The third-order valence-corrected chi connectivity index (χ3v) is 4.53. The molecule has 0 atom stereocenters. The highest BCUT2D eigenvalue weighted by molar-refractivity contribution is 6.62. The first-order valence-electron chi connectivity index (χ1n) is 7.46. The maximum Gasteiger partial charge on any atom is 0.494 e. The van der Waals surface area contributed by atoms with Gasteiger partial charge in [-0.1, -0.05) is 12.1 Å². The predicted octanol–water partition coefficient (Wildman–Crippen LogP) is 2.30. The standard InChI is InChI=1S/C16H21BO4/c1-15(2)16(3,4)21-17(20-15)12-7-9-13(10-8-12)19-14(18)11-5-6-11/h7-11H,5-6H2,1-4H3. The van der Waals surface area contributed by atoms with Gasteiger partial charge in [-0.3, -0.25) is 4.79 Å². The fraction of sp³-hybridized carbons (Fsp3) is 0.562. The Morgan fingerprint density at radius 1 is 1.10 bits per heavy atom. The summed E-state index contributed by atoms with van der Waals surface area (Å²) in [4.78, 5) is 11.6. The Bertz CT molecular complexity index is 530. The monoisotopic (exact) mass is 288 g/mol. The van der Waals surface area contributed by atoms with Crippen LogP contribution in [0.3, 0.4) is 0 Å². The molecule has 2 fully saturated rings. The van der Waals surface area contributed by atoms with Crippen molar-refractivity contribution < 1.29 is 18.8 Å². The molecule has 112 valence electrons. The van der Waals surface area contributed by atoms with Crippen LogP contribution in [0.15, 0.2) is 24.3 Å². The van der Waals surface area contributed by atoms with Crippen molar-refractivity contribution in [2.45, 2.75) is 51.7 Å². The fourth-order valence-corrected chi connectivity index (χ4v) is 2.19. The van der Waals surface area contributed by atoms with Crippen LogP contribution >= 0.6 is 0 Å². The molecule has 5 heteroatoms. The number of benzene rings is 1. The average molecular weight is 288 g/mol. The third-order valence-electron chi connectivity index (χ3n) is 4.53. The van der Waals surface area contributed by atoms with Gasteiger partial charge in [0.2, 0.25) is 0 Å². The molecular formula is C16H21BO4. The molecule has 0 unspecified atom stereocenters. The van der Waals surface area contributed by atoms with Crippen molar-refractivity contribution in [3.8, 4) is 5.75 Å². The van der Waals surface area contributed by atoms with Gasteiger partial charge in [-0.15, -0.1) is 0 Å². The summed E-state index contributed by atoms with van der Waals surface area (Å²) in [6.07, 6.45) is 1.90. The van der Waals surface area contributed by atoms with Crippen molar-refractivity contribution >= 4 is 18.6 Å². The van der Waals surface area contributed by atoms with E-state index >= 15 is 0 Å². The van der Waals surface area contributed by atoms with E-state index < -0.39 is 0 Å². The lowest BCUT2D eigenvalue weighted by atomic mass is 9.79. The Morgan fingerprint density at radius 2 is 1.62 bits per heavy atom. The number of carbonyl (C=O) groups is 1. The van der Waals surface area contributed by atoms with Gasteiger partial charge in [-0.2, -0.15) is 0 Å². The molecule has 21 heavy (non-hydrogen) atoms. The summed E-state index contributed by atoms with van der Waals surface area (Å²) in [6, 6.07) is 7.36. The fourth-order valence-electron chi connectivity index (χ4n) is 2.19. The van der Waals surface area contributed by atoms with E-state index in [0.29, 0.717) is 5.75 Å². The van der Waals surface area contributed by atoms with Gasteiger partial charge in [0.25, 0.3) is 0 Å². The van der Waals surface area contributed by atoms with E-state index in [4.69, 9.17) is 14.0 Å². The quantitative estimate of drug-likeness (QED) is 0.486. The zero-order valence-electron chi connectivity index (χ0n) is 13.0. The summed E-state index contributed by atoms with van der Waals surface area (Å²) in [6.45, 7) is 8.11. The van der Waals surface area contributed by atoms with Crippen molar-refractivity contribution in [1.29, 1.82) is 0 Å². The molecule has 0 bridgehead atoms. The molecule has 1 saturated carbocycles. The summed E-state index contributed by atoms with van der Waals surface area (Å²) >= 11 is 0. The second-order valence-electron chi connectivity index (χ2n) is 6.85. The zero-order valence-corrected chi connectivity index (χ0v) is 13.0. The van der Waals surface area contributed by atoms with E-state index in [1.54, 1.807) is 12.1 Å². The highest BCUT2D eigenvalue weighted by Crippen LogP contribution is 2.36. The van der Waals surface area contributed by atoms with Gasteiger partial charge in [-0.25, -0.2) is 0 Å². The maximum atomic E-state index is 11.6. The Morgan fingerprint density at radius 3 is 2.10 bits per heavy atom. The minimum Gasteiger partial charge on any atom is -0.426 e. The second kappa shape index (κ2) is 4.85. The first-order chi connectivity index (χ1) is 9.78. The lowest BCUT2D eigenvalue weighted by Gasteiger charge is -2.32. The van der Waals surface area contributed by atoms with Crippen LogP contribution in [0.25, 0.3) is 0 Å². The minimum atomic E-state index is -0.386. The topological polar surface area (TPSA) is 44.8 Å². The van der Waals surface area contributed by atoms with Crippen molar-refractivity contribution in [1.82, 2.24) is 0 Å². The van der Waals surface area contributed by atoms with E-state index in [0.717, 1.165) is 18.3 Å². The molecule has 3 rings (SSSR count). The van der Waals surface area contributed by atoms with E-state index in [1.165, 1.54) is 0 Å². The molecular weight excluding hydrogens is 267 g/mol. The van der Waals surface area contributed by atoms with E-state index in [1.807, 2.05) is 39.8 Å². The number of hydrogen-bond acceptors (Lipinski definition) is 4. The first kappa shape index (κ1) is 14.6. The largest absolute Gasteiger partial charge is 0.494 e. The SMILES string of the molecule is CC1(C)OB(c2ccc(OC(=O)C3CC3)cc2)OC1(C)C. The summed E-state index contributed by atoms with van der Waals surface area (Å²) in [5.74, 6) is 0.554. The van der Waals surface area contributed by atoms with Crippen LogP contribution in [-0.2, 0) is 14.1 Å². The summed E-state index contributed by atoms with van der Waals surface area (Å²) < 4.78 is 17.3. The molecule has 1 aliphatic heterocycles. The average Bonchev–Trinajstić information content (AvgIpc) is 3.19. The Labute approximate surface area is 125 Å². The van der Waals surface area contributed by atoms with Crippen molar-refractivity contribution in [2.24, 2.45) is 5.92 Å². The molecule has 0 spiro atoms. The van der Waals surface area contributed by atoms with Gasteiger partial charge in [0.15, 0.2) is 0 Å². The van der Waals surface area contributed by atoms with Gasteiger partial charge in [0, 0.05) is 0 Å². The predicted molar refractivity (Wildman–Crippen MR) is 80.5 cm³/mol. The lowest BCUT2D eigenvalue weighted by Crippen LogP contribution is -2.41. The zero-order chi connectivity index (χ0) is 15.3. The van der Waals surface area contributed by atoms with Gasteiger partial charge >= 0.3 is 13.1 Å². The smallest absolute Gasteiger partial charge is 0.426 e. The van der Waals surface area contributed by atoms with Crippen molar-refractivity contribution in [3.05, 3.63) is 24.3 Å². The normalized spacial score (nSPS) is 23.1. The highest BCUT2D eigenvalue weighted by Gasteiger charge is 2.51. The minimum absolute atomic E-state index is 0.104. The first-order valence-corrected chi connectivity index (χ1v) is 7.46. The van der Waals surface area contributed by atoms with Crippen molar-refractivity contribution in [3.63, 3.8) is 0 Å². The maximum absolute atomic E-state index is 11.6. The van der Waals surface area contributed by atoms with E-state index in [2.05, 4.69) is 0 Å². The number of hydrogen-bond donors (Lipinski definition) is 0. The molecule has 1 aliphatic carbocycles. The van der Waals surface area contributed by atoms with Crippen LogP contribution in [-0.4, -0.2) is 24.3 Å². The molecule has 4 nitrogen and oxygen atoms in total. The molecule has 0 aromatic heterocycles. The van der Waals surface area contributed by atoms with Gasteiger partial charge in [-0.05, 0) is 58.1 Å². The van der Waals surface area contributed by atoms with E-state index in [9.17, 15) is 4.79 Å². The van der Waals surface area contributed by atoms with Gasteiger partial charge < -0.3 is 14.0 Å². The number of esters is 1. The number of rotatable bonds is 3. The summed E-state index contributed by atoms with van der Waals surface area (Å²) in [7, 11) is -0.386. The van der Waals surface area contributed by atoms with Crippen LogP contribution in [0, 0.1) is 5.92 Å². The molecule has 0 radical (unpaired) electrons. The summed E-state index contributed by atoms with van der Waals surface area (Å²) in [5.41, 5.74) is 0.226. The van der Waals surface area contributed by atoms with E-state index in [-0.39, 0.29) is 30.2 Å². The second-order valence-corrected chi connectivity index (χ2v) is 6.85. The summed E-state index contributed by atoms with van der Waals surface area (Å²) in [5, 5.41) is 0. The lowest BCUT2D eigenvalue weighted by molar-refractivity contribution is -0.135. The molecule has 0 amide bonds. The van der Waals surface area contributed by atoms with Crippen molar-refractivity contribution in [2.75, 3.05) is 0 Å². The third kappa shape index (κ3) is 2.85. The Hall–Kier alpha value is -1.33. The Balaban J connectivity index is 1.68. The van der Waals surface area contributed by atoms with Crippen LogP contribution in [0.4, 0.5) is 0 Å². The molecule has 1 heterocycles. The molecule has 1 aromatic carbocycles. The Kier molecular flexibility index (Phi) is 3.37.